The number of carbonyl (C=O) groups excluding carboxylic acids is 2. The summed E-state index contributed by atoms with van der Waals surface area (Å²) in [6.45, 7) is 10.1. The second-order valence-electron chi connectivity index (χ2n) is 12.2. The Morgan fingerprint density at radius 1 is 1.03 bits per heavy atom. The van der Waals surface area contributed by atoms with Crippen molar-refractivity contribution >= 4 is 22.6 Å². The van der Waals surface area contributed by atoms with Crippen molar-refractivity contribution in [1.29, 1.82) is 0 Å². The van der Waals surface area contributed by atoms with Crippen molar-refractivity contribution in [1.82, 2.24) is 9.80 Å². The van der Waals surface area contributed by atoms with Crippen molar-refractivity contribution in [3.8, 4) is 0 Å². The maximum absolute atomic E-state index is 13.2. The summed E-state index contributed by atoms with van der Waals surface area (Å²) in [5.74, 6) is 0.576. The molecule has 0 aromatic heterocycles. The summed E-state index contributed by atoms with van der Waals surface area (Å²) in [6.07, 6.45) is 4.93. The monoisotopic (exact) mass is 492 g/mol. The van der Waals surface area contributed by atoms with E-state index >= 15 is 0 Å². The summed E-state index contributed by atoms with van der Waals surface area (Å²) in [4.78, 5) is 30.2. The highest BCUT2D eigenvalue weighted by molar-refractivity contribution is 6.25. The van der Waals surface area contributed by atoms with E-state index in [2.05, 4.69) is 25.7 Å². The molecule has 1 saturated carbocycles. The molecule has 1 N–H and O–H groups in total. The summed E-state index contributed by atoms with van der Waals surface area (Å²) >= 11 is 0. The van der Waals surface area contributed by atoms with Gasteiger partial charge in [0.05, 0.1) is 18.8 Å². The van der Waals surface area contributed by atoms with E-state index in [9.17, 15) is 14.7 Å². The van der Waals surface area contributed by atoms with Crippen LogP contribution in [0.3, 0.4) is 0 Å². The smallest absolute Gasteiger partial charge is 0.261 e. The SMILES string of the molecule is C[C@@H]1C[C@@H](OC[C@@H](O)CN2CCC(CN3C(=O)c4cccc5cccc(c45)C3=O)CC2)CC(C)(C)C1. The zero-order chi connectivity index (χ0) is 25.4. The first-order valence-corrected chi connectivity index (χ1v) is 13.6. The average Bonchev–Trinajstić information content (AvgIpc) is 2.83. The Bertz CT molecular complexity index is 1070. The molecule has 5 rings (SSSR count). The summed E-state index contributed by atoms with van der Waals surface area (Å²) < 4.78 is 6.13. The Labute approximate surface area is 214 Å². The Hall–Kier alpha value is -2.28. The van der Waals surface area contributed by atoms with E-state index in [1.165, 1.54) is 11.3 Å². The molecule has 194 valence electrons. The maximum atomic E-state index is 13.2. The Kier molecular flexibility index (Phi) is 7.21. The standard InChI is InChI=1S/C30H40N2O4/c1-20-14-24(16-30(2,3)15-20)36-19-23(33)18-31-12-10-21(11-13-31)17-32-28(34)25-8-4-6-22-7-5-9-26(27(22)25)29(32)35/h4-9,20-21,23-24,33H,10-19H2,1-3H3/t20-,23+,24-/m1/s1. The van der Waals surface area contributed by atoms with Gasteiger partial charge in [-0.3, -0.25) is 14.5 Å². The number of likely N-dealkylation sites (tertiary alicyclic amines) is 1. The molecule has 6 heteroatoms. The summed E-state index contributed by atoms with van der Waals surface area (Å²) in [6, 6.07) is 11.3. The molecule has 3 aliphatic rings. The van der Waals surface area contributed by atoms with Crippen LogP contribution < -0.4 is 0 Å². The van der Waals surface area contributed by atoms with E-state index in [-0.39, 0.29) is 23.8 Å². The topological polar surface area (TPSA) is 70.1 Å². The molecule has 0 unspecified atom stereocenters. The van der Waals surface area contributed by atoms with E-state index in [1.54, 1.807) is 0 Å². The molecule has 1 aliphatic carbocycles. The highest BCUT2D eigenvalue weighted by Crippen LogP contribution is 2.39. The highest BCUT2D eigenvalue weighted by Gasteiger charge is 2.35. The maximum Gasteiger partial charge on any atom is 0.261 e. The van der Waals surface area contributed by atoms with Crippen LogP contribution in [0.4, 0.5) is 0 Å². The molecule has 0 spiro atoms. The predicted octanol–water partition coefficient (Wildman–Crippen LogP) is 4.74. The summed E-state index contributed by atoms with van der Waals surface area (Å²) in [5, 5.41) is 12.3. The molecule has 0 radical (unpaired) electrons. The number of amides is 2. The van der Waals surface area contributed by atoms with Crippen LogP contribution in [0.25, 0.3) is 10.8 Å². The van der Waals surface area contributed by atoms with Gasteiger partial charge in [-0.2, -0.15) is 0 Å². The predicted molar refractivity (Wildman–Crippen MR) is 141 cm³/mol. The molecule has 36 heavy (non-hydrogen) atoms. The fraction of sp³-hybridized carbons (Fsp3) is 0.600. The van der Waals surface area contributed by atoms with Gasteiger partial charge in [0.25, 0.3) is 11.8 Å². The van der Waals surface area contributed by atoms with Gasteiger partial charge < -0.3 is 14.7 Å². The number of benzene rings is 2. The first-order chi connectivity index (χ1) is 17.2. The molecule has 2 aromatic carbocycles. The minimum Gasteiger partial charge on any atom is -0.389 e. The van der Waals surface area contributed by atoms with Gasteiger partial charge >= 0.3 is 0 Å². The van der Waals surface area contributed by atoms with Gasteiger partial charge in [-0.1, -0.05) is 45.0 Å². The third-order valence-electron chi connectivity index (χ3n) is 8.34. The number of β-amino-alcohol motifs (C(OH)–C–C–N with tert-alkyl or cyclic N) is 1. The average molecular weight is 493 g/mol. The van der Waals surface area contributed by atoms with Gasteiger partial charge in [-0.15, -0.1) is 0 Å². The number of aliphatic hydroxyl groups excluding tert-OH is 1. The molecule has 2 fully saturated rings. The number of carbonyl (C=O) groups is 2. The van der Waals surface area contributed by atoms with Crippen molar-refractivity contribution in [3.63, 3.8) is 0 Å². The van der Waals surface area contributed by atoms with E-state index in [1.807, 2.05) is 36.4 Å². The van der Waals surface area contributed by atoms with Gasteiger partial charge in [-0.05, 0) is 80.0 Å². The number of imide groups is 1. The normalized spacial score (nSPS) is 25.9. The third-order valence-corrected chi connectivity index (χ3v) is 8.34. The van der Waals surface area contributed by atoms with Crippen LogP contribution in [0.5, 0.6) is 0 Å². The molecular weight excluding hydrogens is 452 g/mol. The second kappa shape index (κ2) is 10.2. The zero-order valence-corrected chi connectivity index (χ0v) is 21.9. The Balaban J connectivity index is 1.11. The van der Waals surface area contributed by atoms with Gasteiger partial charge in [0.15, 0.2) is 0 Å². The van der Waals surface area contributed by atoms with Crippen LogP contribution in [0.1, 0.15) is 73.6 Å². The van der Waals surface area contributed by atoms with E-state index in [4.69, 9.17) is 4.74 Å². The summed E-state index contributed by atoms with van der Waals surface area (Å²) in [7, 11) is 0. The first-order valence-electron chi connectivity index (χ1n) is 13.6. The van der Waals surface area contributed by atoms with Gasteiger partial charge in [0.1, 0.15) is 0 Å². The van der Waals surface area contributed by atoms with Gasteiger partial charge in [0.2, 0.25) is 0 Å². The number of hydrogen-bond donors (Lipinski definition) is 1. The molecule has 2 amide bonds. The van der Waals surface area contributed by atoms with Crippen LogP contribution in [-0.2, 0) is 4.74 Å². The molecule has 2 aliphatic heterocycles. The van der Waals surface area contributed by atoms with Crippen LogP contribution in [0.15, 0.2) is 36.4 Å². The molecular formula is C30H40N2O4. The number of hydrogen-bond acceptors (Lipinski definition) is 5. The zero-order valence-electron chi connectivity index (χ0n) is 21.9. The van der Waals surface area contributed by atoms with Crippen molar-refractivity contribution in [3.05, 3.63) is 47.5 Å². The first kappa shape index (κ1) is 25.4. The minimum atomic E-state index is -0.496. The number of piperidine rings is 1. The van der Waals surface area contributed by atoms with E-state index in [0.717, 1.165) is 49.5 Å². The van der Waals surface area contributed by atoms with Gasteiger partial charge in [0, 0.05) is 29.6 Å². The fourth-order valence-corrected chi connectivity index (χ4v) is 6.84. The van der Waals surface area contributed by atoms with Crippen LogP contribution in [0.2, 0.25) is 0 Å². The quantitative estimate of drug-likeness (QED) is 0.566. The molecule has 0 bridgehead atoms. The van der Waals surface area contributed by atoms with Gasteiger partial charge in [-0.25, -0.2) is 0 Å². The second-order valence-corrected chi connectivity index (χ2v) is 12.2. The lowest BCUT2D eigenvalue weighted by Gasteiger charge is -2.39. The van der Waals surface area contributed by atoms with Crippen molar-refractivity contribution < 1.29 is 19.4 Å². The van der Waals surface area contributed by atoms with Crippen molar-refractivity contribution in [2.75, 3.05) is 32.8 Å². The largest absolute Gasteiger partial charge is 0.389 e. The van der Waals surface area contributed by atoms with Crippen molar-refractivity contribution in [2.45, 2.75) is 65.1 Å². The minimum absolute atomic E-state index is 0.181. The number of aliphatic hydroxyl groups is 1. The fourth-order valence-electron chi connectivity index (χ4n) is 6.84. The summed E-state index contributed by atoms with van der Waals surface area (Å²) in [5.41, 5.74) is 1.55. The van der Waals surface area contributed by atoms with E-state index < -0.39 is 6.10 Å². The van der Waals surface area contributed by atoms with E-state index in [0.29, 0.717) is 42.2 Å². The number of rotatable bonds is 7. The third kappa shape index (κ3) is 5.36. The Morgan fingerprint density at radius 3 is 2.28 bits per heavy atom. The van der Waals surface area contributed by atoms with Crippen molar-refractivity contribution in [2.24, 2.45) is 17.3 Å². The van der Waals surface area contributed by atoms with Crippen LogP contribution in [-0.4, -0.2) is 71.7 Å². The van der Waals surface area contributed by atoms with Crippen LogP contribution in [0, 0.1) is 17.3 Å². The molecule has 2 aromatic rings. The lowest BCUT2D eigenvalue weighted by atomic mass is 9.71. The lowest BCUT2D eigenvalue weighted by molar-refractivity contribution is -0.0628. The van der Waals surface area contributed by atoms with Crippen LogP contribution >= 0.6 is 0 Å². The molecule has 6 nitrogen and oxygen atoms in total. The number of nitrogens with zero attached hydrogens (tertiary/aromatic N) is 2. The molecule has 1 saturated heterocycles. The highest BCUT2D eigenvalue weighted by atomic mass is 16.5. The lowest BCUT2D eigenvalue weighted by Crippen LogP contribution is -2.46. The number of ether oxygens (including phenoxy) is 1. The molecule has 2 heterocycles. The Morgan fingerprint density at radius 2 is 1.67 bits per heavy atom. The molecule has 3 atom stereocenters.